The first kappa shape index (κ1) is 19.9. The lowest BCUT2D eigenvalue weighted by atomic mass is 9.95. The first-order chi connectivity index (χ1) is 13.5. The van der Waals surface area contributed by atoms with Crippen LogP contribution in [0.4, 0.5) is 0 Å². The van der Waals surface area contributed by atoms with Crippen LogP contribution in [0.15, 0.2) is 30.3 Å². The molecule has 154 valence electrons. The van der Waals surface area contributed by atoms with Crippen molar-refractivity contribution in [3.63, 3.8) is 0 Å². The van der Waals surface area contributed by atoms with Gasteiger partial charge in [-0.1, -0.05) is 37.3 Å². The van der Waals surface area contributed by atoms with Crippen LogP contribution in [0.5, 0.6) is 0 Å². The monoisotopic (exact) mass is 386 g/mol. The number of hydrogen-bond donors (Lipinski definition) is 1. The number of likely N-dealkylation sites (tertiary alicyclic amines) is 1. The molecule has 2 atom stereocenters. The number of aliphatic hydroxyl groups excluding tert-OH is 1. The van der Waals surface area contributed by atoms with E-state index >= 15 is 0 Å². The molecule has 2 aliphatic heterocycles. The summed E-state index contributed by atoms with van der Waals surface area (Å²) in [5.41, 5.74) is 1.56. The molecular weight excluding hydrogens is 352 g/mol. The number of aliphatic hydroxyl groups is 1. The lowest BCUT2D eigenvalue weighted by Gasteiger charge is -2.44. The molecule has 28 heavy (non-hydrogen) atoms. The summed E-state index contributed by atoms with van der Waals surface area (Å²) < 4.78 is 6.21. The van der Waals surface area contributed by atoms with Crippen molar-refractivity contribution in [1.82, 2.24) is 9.80 Å². The minimum Gasteiger partial charge on any atom is -0.393 e. The zero-order valence-corrected chi connectivity index (χ0v) is 17.1. The highest BCUT2D eigenvalue weighted by Crippen LogP contribution is 2.49. The third-order valence-electron chi connectivity index (χ3n) is 6.85. The van der Waals surface area contributed by atoms with Gasteiger partial charge in [0.1, 0.15) is 0 Å². The Morgan fingerprint density at radius 2 is 1.89 bits per heavy atom. The number of morpholine rings is 1. The Kier molecular flexibility index (Phi) is 6.04. The summed E-state index contributed by atoms with van der Waals surface area (Å²) in [6, 6.07) is 10.3. The molecule has 5 heteroatoms. The van der Waals surface area contributed by atoms with Crippen molar-refractivity contribution < 1.29 is 14.6 Å². The highest BCUT2D eigenvalue weighted by Gasteiger charge is 2.40. The second-order valence-electron chi connectivity index (χ2n) is 9.19. The van der Waals surface area contributed by atoms with Crippen LogP contribution in [-0.4, -0.2) is 65.8 Å². The molecule has 1 aliphatic carbocycles. The van der Waals surface area contributed by atoms with Gasteiger partial charge in [0.05, 0.1) is 24.9 Å². The van der Waals surface area contributed by atoms with Crippen LogP contribution in [0.2, 0.25) is 0 Å². The van der Waals surface area contributed by atoms with E-state index < -0.39 is 0 Å². The Hall–Kier alpha value is -1.43. The van der Waals surface area contributed by atoms with Crippen molar-refractivity contribution in [2.75, 3.05) is 32.8 Å². The average Bonchev–Trinajstić information content (AvgIpc) is 3.46. The van der Waals surface area contributed by atoms with Crippen molar-refractivity contribution in [3.8, 4) is 0 Å². The molecule has 3 aliphatic rings. The van der Waals surface area contributed by atoms with Crippen molar-refractivity contribution in [2.24, 2.45) is 5.41 Å². The Balaban J connectivity index is 1.48. The Morgan fingerprint density at radius 3 is 2.57 bits per heavy atom. The molecule has 0 unspecified atom stereocenters. The number of nitrogens with zero attached hydrogens (tertiary/aromatic N) is 2. The van der Waals surface area contributed by atoms with Crippen molar-refractivity contribution in [3.05, 3.63) is 35.9 Å². The predicted molar refractivity (Wildman–Crippen MR) is 109 cm³/mol. The van der Waals surface area contributed by atoms with Crippen molar-refractivity contribution >= 4 is 5.91 Å². The van der Waals surface area contributed by atoms with Gasteiger partial charge in [-0.3, -0.25) is 4.79 Å². The van der Waals surface area contributed by atoms with Gasteiger partial charge in [-0.2, -0.15) is 0 Å². The number of amides is 1. The molecule has 4 rings (SSSR count). The van der Waals surface area contributed by atoms with E-state index in [1.165, 1.54) is 12.8 Å². The van der Waals surface area contributed by atoms with Gasteiger partial charge in [0.25, 0.3) is 0 Å². The summed E-state index contributed by atoms with van der Waals surface area (Å²) in [4.78, 5) is 17.6. The van der Waals surface area contributed by atoms with Gasteiger partial charge in [-0.15, -0.1) is 0 Å². The van der Waals surface area contributed by atoms with E-state index in [0.717, 1.165) is 44.5 Å². The zero-order chi connectivity index (χ0) is 19.6. The number of carbonyl (C=O) groups is 1. The molecule has 1 aromatic carbocycles. The number of benzene rings is 1. The summed E-state index contributed by atoms with van der Waals surface area (Å²) in [6.45, 7) is 6.18. The quantitative estimate of drug-likeness (QED) is 0.817. The van der Waals surface area contributed by atoms with Crippen LogP contribution < -0.4 is 0 Å². The molecule has 1 N–H and O–H groups in total. The lowest BCUT2D eigenvalue weighted by molar-refractivity contribution is -0.149. The summed E-state index contributed by atoms with van der Waals surface area (Å²) in [7, 11) is 0. The highest BCUT2D eigenvalue weighted by molar-refractivity contribution is 5.77. The number of hydrogen-bond acceptors (Lipinski definition) is 4. The van der Waals surface area contributed by atoms with Gasteiger partial charge in [0.2, 0.25) is 5.91 Å². The molecule has 0 aromatic heterocycles. The minimum atomic E-state index is -0.171. The number of ether oxygens (including phenoxy) is 1. The number of piperidine rings is 1. The lowest BCUT2D eigenvalue weighted by Crippen LogP contribution is -2.52. The molecule has 5 nitrogen and oxygen atoms in total. The molecule has 2 saturated heterocycles. The van der Waals surface area contributed by atoms with Gasteiger partial charge in [-0.05, 0) is 43.1 Å². The molecule has 1 aromatic rings. The Bertz CT molecular complexity index is 653. The fourth-order valence-electron chi connectivity index (χ4n) is 4.58. The second-order valence-corrected chi connectivity index (χ2v) is 9.19. The first-order valence-corrected chi connectivity index (χ1v) is 10.9. The first-order valence-electron chi connectivity index (χ1n) is 10.9. The van der Waals surface area contributed by atoms with E-state index in [2.05, 4.69) is 28.9 Å². The SMILES string of the molecule is CC1(CCC(=O)N2CCO[C@@H](CN3CCC(O)CC3)[C@@H]2c2ccccc2)CC1. The smallest absolute Gasteiger partial charge is 0.223 e. The van der Waals surface area contributed by atoms with E-state index in [-0.39, 0.29) is 24.2 Å². The van der Waals surface area contributed by atoms with Gasteiger partial charge >= 0.3 is 0 Å². The van der Waals surface area contributed by atoms with Crippen LogP contribution in [0.1, 0.15) is 57.1 Å². The summed E-state index contributed by atoms with van der Waals surface area (Å²) in [5, 5.41) is 9.80. The van der Waals surface area contributed by atoms with E-state index in [1.807, 2.05) is 18.2 Å². The topological polar surface area (TPSA) is 53.0 Å². The van der Waals surface area contributed by atoms with Crippen LogP contribution in [0.25, 0.3) is 0 Å². The van der Waals surface area contributed by atoms with Crippen molar-refractivity contribution in [1.29, 1.82) is 0 Å². The minimum absolute atomic E-state index is 0.0214. The molecule has 1 saturated carbocycles. The van der Waals surface area contributed by atoms with E-state index in [4.69, 9.17) is 4.74 Å². The number of carbonyl (C=O) groups excluding carboxylic acids is 1. The molecule has 0 bridgehead atoms. The van der Waals surface area contributed by atoms with Gasteiger partial charge < -0.3 is 19.6 Å². The zero-order valence-electron chi connectivity index (χ0n) is 17.1. The number of rotatable bonds is 6. The van der Waals surface area contributed by atoms with Crippen molar-refractivity contribution in [2.45, 2.75) is 63.7 Å². The maximum Gasteiger partial charge on any atom is 0.223 e. The maximum atomic E-state index is 13.2. The van der Waals surface area contributed by atoms with E-state index in [9.17, 15) is 9.90 Å². The maximum absolute atomic E-state index is 13.2. The van der Waals surface area contributed by atoms with Crippen LogP contribution in [0, 0.1) is 5.41 Å². The van der Waals surface area contributed by atoms with Crippen LogP contribution >= 0.6 is 0 Å². The molecule has 0 spiro atoms. The van der Waals surface area contributed by atoms with Gasteiger partial charge in [-0.25, -0.2) is 0 Å². The molecule has 2 heterocycles. The fourth-order valence-corrected chi connectivity index (χ4v) is 4.58. The summed E-state index contributed by atoms with van der Waals surface area (Å²) in [6.07, 6.45) is 5.61. The normalized spacial score (nSPS) is 28.3. The van der Waals surface area contributed by atoms with Gasteiger partial charge in [0.15, 0.2) is 0 Å². The van der Waals surface area contributed by atoms with E-state index in [0.29, 0.717) is 25.0 Å². The standard InChI is InChI=1S/C23H34N2O3/c1-23(11-12-23)10-7-21(27)25-15-16-28-20(17-24-13-8-19(26)9-14-24)22(25)18-5-3-2-4-6-18/h2-6,19-20,22,26H,7-17H2,1H3/t20-,22-/m0/s1. The summed E-state index contributed by atoms with van der Waals surface area (Å²) in [5.74, 6) is 0.268. The third-order valence-corrected chi connectivity index (χ3v) is 6.85. The fraction of sp³-hybridized carbons (Fsp3) is 0.696. The Morgan fingerprint density at radius 1 is 1.18 bits per heavy atom. The highest BCUT2D eigenvalue weighted by atomic mass is 16.5. The molecule has 0 radical (unpaired) electrons. The Labute approximate surface area is 168 Å². The van der Waals surface area contributed by atoms with E-state index in [1.54, 1.807) is 0 Å². The third kappa shape index (κ3) is 4.76. The molecule has 1 amide bonds. The van der Waals surface area contributed by atoms with Crippen LogP contribution in [-0.2, 0) is 9.53 Å². The summed E-state index contributed by atoms with van der Waals surface area (Å²) >= 11 is 0. The second kappa shape index (κ2) is 8.52. The van der Waals surface area contributed by atoms with Gasteiger partial charge in [0, 0.05) is 32.6 Å². The molecule has 3 fully saturated rings. The largest absolute Gasteiger partial charge is 0.393 e. The molecular formula is C23H34N2O3. The average molecular weight is 387 g/mol. The predicted octanol–water partition coefficient (Wildman–Crippen LogP) is 2.99. The van der Waals surface area contributed by atoms with Crippen LogP contribution in [0.3, 0.4) is 0 Å².